The number of nitrogens with two attached hydrogens (primary N) is 2. The van der Waals surface area contributed by atoms with E-state index in [0.29, 0.717) is 32.4 Å². The van der Waals surface area contributed by atoms with Gasteiger partial charge in [-0.1, -0.05) is 46.8 Å². The van der Waals surface area contributed by atoms with Crippen molar-refractivity contribution in [3.05, 3.63) is 41.5 Å². The maximum Gasteiger partial charge on any atom is 0.242 e. The van der Waals surface area contributed by atoms with Crippen LogP contribution < -0.4 is 54.7 Å². The van der Waals surface area contributed by atoms with Crippen molar-refractivity contribution >= 4 is 100 Å². The molecule has 2 atom stereocenters. The Morgan fingerprint density at radius 3 is 2.00 bits per heavy atom. The summed E-state index contributed by atoms with van der Waals surface area (Å²) in [5, 5.41) is 15.7. The first-order valence-corrected chi connectivity index (χ1v) is 13.3. The average molecular weight is 507 g/mol. The van der Waals surface area contributed by atoms with Crippen LogP contribution in [0.2, 0.25) is 0 Å². The molecule has 0 aromatic heterocycles. The van der Waals surface area contributed by atoms with E-state index in [1.165, 1.54) is 32.9 Å². The summed E-state index contributed by atoms with van der Waals surface area (Å²) in [7, 11) is 15.0. The van der Waals surface area contributed by atoms with E-state index in [-0.39, 0.29) is 23.0 Å². The molecule has 0 heterocycles. The zero-order valence-electron chi connectivity index (χ0n) is 24.0. The van der Waals surface area contributed by atoms with E-state index in [4.69, 9.17) is 16.9 Å². The number of benzene rings is 2. The van der Waals surface area contributed by atoms with Crippen LogP contribution in [0.4, 0.5) is 0 Å². The van der Waals surface area contributed by atoms with Gasteiger partial charge in [0.1, 0.15) is 61.0 Å². The molecule has 2 amide bonds. The van der Waals surface area contributed by atoms with E-state index in [0.717, 1.165) is 5.56 Å². The molecule has 2 aromatic carbocycles. The van der Waals surface area contributed by atoms with Crippen LogP contribution in [0, 0.1) is 5.41 Å². The van der Waals surface area contributed by atoms with Gasteiger partial charge >= 0.3 is 0 Å². The summed E-state index contributed by atoms with van der Waals surface area (Å²) in [6.45, 7) is 0.848. The third-order valence-corrected chi connectivity index (χ3v) is 7.63. The first-order chi connectivity index (χ1) is 17.8. The number of hydrogen-bond donors (Lipinski definition) is 6. The summed E-state index contributed by atoms with van der Waals surface area (Å²) in [6.07, 6.45) is 1.31. The molecule has 0 fully saturated rings. The van der Waals surface area contributed by atoms with E-state index in [1.54, 1.807) is 0 Å². The van der Waals surface area contributed by atoms with Crippen molar-refractivity contribution in [1.82, 2.24) is 16.0 Å². The van der Waals surface area contributed by atoms with E-state index < -0.39 is 12.1 Å². The number of guanidine groups is 1. The van der Waals surface area contributed by atoms with E-state index in [9.17, 15) is 9.59 Å². The van der Waals surface area contributed by atoms with Gasteiger partial charge in [-0.05, 0) is 30.0 Å². The quantitative estimate of drug-likeness (QED) is 0.0732. The summed E-state index contributed by atoms with van der Waals surface area (Å²) in [5.41, 5.74) is 20.1. The second-order valence-corrected chi connectivity index (χ2v) is 10.9. The van der Waals surface area contributed by atoms with Crippen molar-refractivity contribution in [2.45, 2.75) is 36.6 Å². The molecule has 0 spiro atoms. The molecule has 0 aliphatic carbocycles. The summed E-state index contributed by atoms with van der Waals surface area (Å²) < 4.78 is 0. The summed E-state index contributed by atoms with van der Waals surface area (Å²) in [4.78, 5) is 26.3. The minimum atomic E-state index is -0.775. The summed E-state index contributed by atoms with van der Waals surface area (Å²) >= 11 is 0. The SMILES string of the molecule is Bc1c(B)c(B)c(C(B)(B)CNC(=O)[C@@H](CCCNC(=N)N)NC(=O)[C@@H](N)Cc2ccccc2)c(B)c1B. The topological polar surface area (TPSA) is 146 Å². The van der Waals surface area contributed by atoms with Crippen LogP contribution in [0.15, 0.2) is 30.3 Å². The molecule has 0 unspecified atom stereocenters. The Morgan fingerprint density at radius 1 is 0.895 bits per heavy atom. The molecule has 0 aliphatic rings. The lowest BCUT2D eigenvalue weighted by molar-refractivity contribution is -0.129. The van der Waals surface area contributed by atoms with Crippen LogP contribution in [0.1, 0.15) is 24.0 Å². The van der Waals surface area contributed by atoms with Gasteiger partial charge < -0.3 is 27.4 Å². The van der Waals surface area contributed by atoms with Crippen molar-refractivity contribution in [3.8, 4) is 0 Å². The highest BCUT2D eigenvalue weighted by molar-refractivity contribution is 6.68. The van der Waals surface area contributed by atoms with Crippen LogP contribution in [0.3, 0.4) is 0 Å². The number of carbonyl (C=O) groups is 2. The van der Waals surface area contributed by atoms with Crippen LogP contribution >= 0.6 is 0 Å². The maximum absolute atomic E-state index is 13.4. The summed E-state index contributed by atoms with van der Waals surface area (Å²) in [6, 6.07) is 8.03. The fourth-order valence-corrected chi connectivity index (χ4v) is 5.07. The largest absolute Gasteiger partial charge is 0.370 e. The van der Waals surface area contributed by atoms with Gasteiger partial charge in [-0.2, -0.15) is 0 Å². The Morgan fingerprint density at radius 2 is 1.45 bits per heavy atom. The van der Waals surface area contributed by atoms with E-state index in [2.05, 4.69) is 70.9 Å². The molecule has 194 valence electrons. The smallest absolute Gasteiger partial charge is 0.242 e. The Balaban J connectivity index is 2.15. The van der Waals surface area contributed by atoms with Crippen molar-refractivity contribution in [2.24, 2.45) is 11.5 Å². The lowest BCUT2D eigenvalue weighted by Gasteiger charge is -2.34. The number of amides is 2. The van der Waals surface area contributed by atoms with Gasteiger partial charge in [0.05, 0.1) is 6.04 Å². The van der Waals surface area contributed by atoms with Gasteiger partial charge in [-0.15, -0.1) is 16.4 Å². The van der Waals surface area contributed by atoms with Crippen LogP contribution in [-0.4, -0.2) is 97.9 Å². The second-order valence-electron chi connectivity index (χ2n) is 10.9. The molecule has 2 rings (SSSR count). The number of carbonyl (C=O) groups excluding carboxylic acids is 2. The predicted octanol–water partition coefficient (Wildman–Crippen LogP) is -10.2. The highest BCUT2D eigenvalue weighted by Crippen LogP contribution is 2.11. The molecule has 2 aromatic rings. The molecular weight excluding hydrogens is 468 g/mol. The van der Waals surface area contributed by atoms with Crippen LogP contribution in [0.5, 0.6) is 0 Å². The molecule has 0 aliphatic heterocycles. The molecule has 8 N–H and O–H groups in total. The van der Waals surface area contributed by atoms with Gasteiger partial charge in [0.25, 0.3) is 0 Å². The molecule has 0 bridgehead atoms. The van der Waals surface area contributed by atoms with Gasteiger partial charge in [0, 0.05) is 13.1 Å². The fourth-order valence-electron chi connectivity index (χ4n) is 5.07. The molecule has 0 saturated heterocycles. The number of nitrogens with one attached hydrogen (secondary N) is 4. The van der Waals surface area contributed by atoms with Gasteiger partial charge in [0.15, 0.2) is 5.96 Å². The standard InChI is InChI=1S/C23H39B7N6O2/c24-15-14(16(25)18(27)19(28)17(15)26)23(29,30)10-35-21(38)13(7-4-8-34-22(32)33)36-20(37)12(31)9-11-5-2-1-3-6-11/h1-3,5-6,12-13H,4,7-10,24-31H2,(H,35,38)(H,36,37)(H4,32,33,34)/t12-,13+/m0/s1. The zero-order chi connectivity index (χ0) is 28.6. The molecular formula is C23H39B7N6O2. The monoisotopic (exact) mass is 508 g/mol. The Hall–Kier alpha value is -2.94. The van der Waals surface area contributed by atoms with Gasteiger partial charge in [-0.25, -0.2) is 0 Å². The Kier molecular flexibility index (Phi) is 11.3. The van der Waals surface area contributed by atoms with Crippen molar-refractivity contribution in [2.75, 3.05) is 13.1 Å². The van der Waals surface area contributed by atoms with Crippen molar-refractivity contribution in [3.63, 3.8) is 0 Å². The van der Waals surface area contributed by atoms with Crippen LogP contribution in [0.25, 0.3) is 0 Å². The zero-order valence-corrected chi connectivity index (χ0v) is 24.0. The van der Waals surface area contributed by atoms with Crippen LogP contribution in [-0.2, 0) is 21.2 Å². The molecule has 0 saturated carbocycles. The normalized spacial score (nSPS) is 12.8. The van der Waals surface area contributed by atoms with Gasteiger partial charge in [-0.3, -0.25) is 15.0 Å². The number of rotatable bonds is 12. The highest BCUT2D eigenvalue weighted by Gasteiger charge is 2.29. The average Bonchev–Trinajstić information content (AvgIpc) is 2.86. The molecule has 0 radical (unpaired) electrons. The third-order valence-electron chi connectivity index (χ3n) is 7.63. The van der Waals surface area contributed by atoms with Crippen molar-refractivity contribution < 1.29 is 9.59 Å². The lowest BCUT2D eigenvalue weighted by atomic mass is 9.45. The Bertz CT molecular complexity index is 1140. The highest BCUT2D eigenvalue weighted by atomic mass is 16.2. The molecule has 8 nitrogen and oxygen atoms in total. The maximum atomic E-state index is 13.4. The van der Waals surface area contributed by atoms with E-state index in [1.807, 2.05) is 30.3 Å². The predicted molar refractivity (Wildman–Crippen MR) is 178 cm³/mol. The molecule has 15 heteroatoms. The minimum Gasteiger partial charge on any atom is -0.370 e. The molecule has 38 heavy (non-hydrogen) atoms. The first kappa shape index (κ1) is 31.3. The first-order valence-electron chi connectivity index (χ1n) is 13.3. The van der Waals surface area contributed by atoms with E-state index >= 15 is 0 Å². The fraction of sp³-hybridized carbons (Fsp3) is 0.348. The second kappa shape index (κ2) is 13.7. The van der Waals surface area contributed by atoms with Gasteiger partial charge in [0.2, 0.25) is 11.8 Å². The number of hydrogen-bond acceptors (Lipinski definition) is 4. The Labute approximate surface area is 233 Å². The van der Waals surface area contributed by atoms with Crippen molar-refractivity contribution in [1.29, 1.82) is 5.41 Å². The summed E-state index contributed by atoms with van der Waals surface area (Å²) in [5.74, 6) is -0.752. The lowest BCUT2D eigenvalue weighted by Crippen LogP contribution is -2.61. The third kappa shape index (κ3) is 8.28. The minimum absolute atomic E-state index is 0.129.